The Hall–Kier alpha value is -0.170. The molecule has 0 bridgehead atoms. The smallest absolute Gasteiger partial charge is 0.218 e. The van der Waals surface area contributed by atoms with Crippen LogP contribution in [0.5, 0.6) is 0 Å². The van der Waals surface area contributed by atoms with Crippen LogP contribution in [-0.4, -0.2) is 61.1 Å². The Bertz CT molecular complexity index is 394. The first-order chi connectivity index (χ1) is 7.73. The number of nitrogens with two attached hydrogens (primary N) is 1. The Kier molecular flexibility index (Phi) is 3.27. The molecule has 2 N–H and O–H groups in total. The van der Waals surface area contributed by atoms with E-state index >= 15 is 0 Å². The van der Waals surface area contributed by atoms with Gasteiger partial charge in [-0.25, -0.2) is 8.42 Å². The van der Waals surface area contributed by atoms with Crippen LogP contribution in [0.25, 0.3) is 0 Å². The standard InChI is InChI=1S/C11H23N3O2S/c1-11(2)6-9(12)7-14(11)17(15,16)10-4-5-13(3)8-10/h9-10H,4-8,12H2,1-3H3. The molecule has 2 unspecified atom stereocenters. The van der Waals surface area contributed by atoms with Crippen LogP contribution in [0.2, 0.25) is 0 Å². The second kappa shape index (κ2) is 4.19. The van der Waals surface area contributed by atoms with E-state index in [2.05, 4.69) is 4.90 Å². The molecule has 0 aromatic heterocycles. The molecule has 2 heterocycles. The molecule has 2 rings (SSSR count). The maximum Gasteiger partial charge on any atom is 0.218 e. The van der Waals surface area contributed by atoms with Gasteiger partial charge in [-0.15, -0.1) is 0 Å². The fraction of sp³-hybridized carbons (Fsp3) is 1.00. The normalized spacial score (nSPS) is 35.5. The van der Waals surface area contributed by atoms with Crippen LogP contribution in [0.3, 0.4) is 0 Å². The third-order valence-electron chi connectivity index (χ3n) is 3.91. The molecule has 5 nitrogen and oxygen atoms in total. The highest BCUT2D eigenvalue weighted by atomic mass is 32.2. The Morgan fingerprint density at radius 1 is 1.29 bits per heavy atom. The lowest BCUT2D eigenvalue weighted by Gasteiger charge is -2.32. The van der Waals surface area contributed by atoms with Gasteiger partial charge in [-0.1, -0.05) is 0 Å². The largest absolute Gasteiger partial charge is 0.326 e. The second-order valence-corrected chi connectivity index (χ2v) is 8.16. The molecule has 2 aliphatic rings. The summed E-state index contributed by atoms with van der Waals surface area (Å²) in [6, 6.07) is -0.0288. The lowest BCUT2D eigenvalue weighted by Crippen LogP contribution is -2.47. The topological polar surface area (TPSA) is 66.6 Å². The molecular formula is C11H23N3O2S. The zero-order valence-electron chi connectivity index (χ0n) is 10.9. The van der Waals surface area contributed by atoms with Crippen molar-refractivity contribution in [1.82, 2.24) is 9.21 Å². The minimum absolute atomic E-state index is 0.0288. The van der Waals surface area contributed by atoms with Gasteiger partial charge in [0.05, 0.1) is 5.25 Å². The van der Waals surface area contributed by atoms with Gasteiger partial charge in [0, 0.05) is 24.7 Å². The number of rotatable bonds is 2. The molecule has 2 atom stereocenters. The molecule has 0 aromatic carbocycles. The summed E-state index contributed by atoms with van der Waals surface area (Å²) in [5, 5.41) is -0.253. The molecule has 2 fully saturated rings. The molecule has 100 valence electrons. The van der Waals surface area contributed by atoms with Crippen LogP contribution < -0.4 is 5.73 Å². The number of likely N-dealkylation sites (tertiary alicyclic amines) is 1. The highest BCUT2D eigenvalue weighted by molar-refractivity contribution is 7.89. The summed E-state index contributed by atoms with van der Waals surface area (Å²) >= 11 is 0. The highest BCUT2D eigenvalue weighted by Gasteiger charge is 2.47. The van der Waals surface area contributed by atoms with Crippen molar-refractivity contribution in [2.45, 2.75) is 43.5 Å². The van der Waals surface area contributed by atoms with Crippen molar-refractivity contribution in [3.63, 3.8) is 0 Å². The van der Waals surface area contributed by atoms with Gasteiger partial charge in [-0.05, 0) is 40.3 Å². The van der Waals surface area contributed by atoms with Crippen LogP contribution in [0.15, 0.2) is 0 Å². The Morgan fingerprint density at radius 3 is 2.35 bits per heavy atom. The summed E-state index contributed by atoms with van der Waals surface area (Å²) in [5.41, 5.74) is 5.57. The van der Waals surface area contributed by atoms with Crippen LogP contribution in [0, 0.1) is 0 Å². The molecule has 2 aliphatic heterocycles. The van der Waals surface area contributed by atoms with Crippen molar-refractivity contribution in [2.24, 2.45) is 5.73 Å². The van der Waals surface area contributed by atoms with E-state index in [1.165, 1.54) is 0 Å². The highest BCUT2D eigenvalue weighted by Crippen LogP contribution is 2.33. The first-order valence-electron chi connectivity index (χ1n) is 6.19. The maximum atomic E-state index is 12.6. The quantitative estimate of drug-likeness (QED) is 0.749. The minimum atomic E-state index is -3.20. The van der Waals surface area contributed by atoms with Crippen molar-refractivity contribution in [1.29, 1.82) is 0 Å². The summed E-state index contributed by atoms with van der Waals surface area (Å²) in [6.07, 6.45) is 1.48. The van der Waals surface area contributed by atoms with Gasteiger partial charge in [-0.2, -0.15) is 4.31 Å². The van der Waals surface area contributed by atoms with E-state index in [-0.39, 0.29) is 16.8 Å². The molecule has 0 saturated carbocycles. The van der Waals surface area contributed by atoms with Gasteiger partial charge in [-0.3, -0.25) is 0 Å². The van der Waals surface area contributed by atoms with Gasteiger partial charge in [0.1, 0.15) is 0 Å². The van der Waals surface area contributed by atoms with Crippen molar-refractivity contribution in [3.8, 4) is 0 Å². The van der Waals surface area contributed by atoms with E-state index < -0.39 is 10.0 Å². The molecule has 0 aromatic rings. The maximum absolute atomic E-state index is 12.6. The van der Waals surface area contributed by atoms with Crippen LogP contribution in [-0.2, 0) is 10.0 Å². The van der Waals surface area contributed by atoms with Crippen LogP contribution in [0.1, 0.15) is 26.7 Å². The summed E-state index contributed by atoms with van der Waals surface area (Å²) in [4.78, 5) is 2.07. The fourth-order valence-electron chi connectivity index (χ4n) is 3.03. The second-order valence-electron chi connectivity index (χ2n) is 6.03. The molecule has 0 radical (unpaired) electrons. The van der Waals surface area contributed by atoms with E-state index in [1.807, 2.05) is 20.9 Å². The summed E-state index contributed by atoms with van der Waals surface area (Å²) in [6.45, 7) is 5.91. The number of hydrogen-bond acceptors (Lipinski definition) is 4. The molecule has 0 aliphatic carbocycles. The SMILES string of the molecule is CN1CCC(S(=O)(=O)N2CC(N)CC2(C)C)C1. The number of nitrogens with zero attached hydrogens (tertiary/aromatic N) is 2. The van der Waals surface area contributed by atoms with Gasteiger partial charge >= 0.3 is 0 Å². The molecule has 2 saturated heterocycles. The van der Waals surface area contributed by atoms with E-state index in [9.17, 15) is 8.42 Å². The monoisotopic (exact) mass is 261 g/mol. The van der Waals surface area contributed by atoms with Crippen LogP contribution in [0.4, 0.5) is 0 Å². The van der Waals surface area contributed by atoms with Crippen molar-refractivity contribution >= 4 is 10.0 Å². The van der Waals surface area contributed by atoms with E-state index in [0.29, 0.717) is 13.1 Å². The third-order valence-corrected chi connectivity index (χ3v) is 6.40. The van der Waals surface area contributed by atoms with Gasteiger partial charge in [0.25, 0.3) is 0 Å². The van der Waals surface area contributed by atoms with Gasteiger partial charge < -0.3 is 10.6 Å². The number of hydrogen-bond donors (Lipinski definition) is 1. The molecule has 17 heavy (non-hydrogen) atoms. The summed E-state index contributed by atoms with van der Waals surface area (Å²) < 4.78 is 26.8. The van der Waals surface area contributed by atoms with Crippen molar-refractivity contribution in [3.05, 3.63) is 0 Å². The van der Waals surface area contributed by atoms with Crippen LogP contribution >= 0.6 is 0 Å². The zero-order valence-corrected chi connectivity index (χ0v) is 11.7. The lowest BCUT2D eigenvalue weighted by molar-refractivity contribution is 0.288. The van der Waals surface area contributed by atoms with E-state index in [0.717, 1.165) is 19.4 Å². The Morgan fingerprint density at radius 2 is 1.94 bits per heavy atom. The first-order valence-corrected chi connectivity index (χ1v) is 7.69. The fourth-order valence-corrected chi connectivity index (χ4v) is 5.40. The lowest BCUT2D eigenvalue weighted by atomic mass is 10.0. The predicted octanol–water partition coefficient (Wildman–Crippen LogP) is -0.168. The van der Waals surface area contributed by atoms with E-state index in [1.54, 1.807) is 4.31 Å². The van der Waals surface area contributed by atoms with Gasteiger partial charge in [0.15, 0.2) is 0 Å². The average molecular weight is 261 g/mol. The molecular weight excluding hydrogens is 238 g/mol. The predicted molar refractivity (Wildman–Crippen MR) is 68.2 cm³/mol. The Balaban J connectivity index is 2.21. The third kappa shape index (κ3) is 2.36. The molecule has 0 spiro atoms. The summed E-state index contributed by atoms with van der Waals surface area (Å²) in [7, 11) is -1.23. The average Bonchev–Trinajstić information content (AvgIpc) is 2.70. The minimum Gasteiger partial charge on any atom is -0.326 e. The Labute approximate surface area is 104 Å². The molecule has 6 heteroatoms. The first kappa shape index (κ1) is 13.3. The summed E-state index contributed by atoms with van der Waals surface area (Å²) in [5.74, 6) is 0. The zero-order chi connectivity index (χ0) is 12.8. The van der Waals surface area contributed by atoms with Crippen molar-refractivity contribution in [2.75, 3.05) is 26.7 Å². The van der Waals surface area contributed by atoms with E-state index in [4.69, 9.17) is 5.73 Å². The molecule has 0 amide bonds. The van der Waals surface area contributed by atoms with Gasteiger partial charge in [0.2, 0.25) is 10.0 Å². The number of sulfonamides is 1. The van der Waals surface area contributed by atoms with Crippen molar-refractivity contribution < 1.29 is 8.42 Å².